The summed E-state index contributed by atoms with van der Waals surface area (Å²) >= 11 is 0. The van der Waals surface area contributed by atoms with Crippen molar-refractivity contribution in [1.82, 2.24) is 0 Å². The van der Waals surface area contributed by atoms with E-state index in [1.165, 1.54) is 42.5 Å². The standard InChI is InChI=1S/C31H24N6O13S4/c32-14-16-5-3-7-20-18(16)9-11-22(31(20)54(48,49)50)34-36-27-23(51(39,40)41)12-17-13-24(52(42,43)44)28(29(38)25(17)26(27)33)37-35-21-10-8-15-4-1-2-6-19(15)30(21)53(45,46)47/h1-13,38H,14,32-33H2,(H,39,40,41)(H,42,43,44)(H,45,46,47)(H,48,49,50). The molecule has 19 nitrogen and oxygen atoms in total. The second-order valence-electron chi connectivity index (χ2n) is 11.4. The van der Waals surface area contributed by atoms with Crippen LogP contribution in [0.5, 0.6) is 5.75 Å². The molecule has 0 saturated heterocycles. The second kappa shape index (κ2) is 13.4. The van der Waals surface area contributed by atoms with Crippen LogP contribution in [0.4, 0.5) is 28.4 Å². The lowest BCUT2D eigenvalue weighted by Crippen LogP contribution is -2.04. The molecule has 0 aliphatic rings. The molecule has 280 valence electrons. The number of fused-ring (bicyclic) bond motifs is 3. The second-order valence-corrected chi connectivity index (χ2v) is 16.9. The average Bonchev–Trinajstić information content (AvgIpc) is 3.07. The Kier molecular flexibility index (Phi) is 9.50. The van der Waals surface area contributed by atoms with Crippen molar-refractivity contribution >= 4 is 101 Å². The minimum Gasteiger partial charge on any atom is -0.505 e. The number of nitrogen functional groups attached to an aromatic ring is 1. The summed E-state index contributed by atoms with van der Waals surface area (Å²) < 4.78 is 140. The van der Waals surface area contributed by atoms with Crippen LogP contribution in [0.25, 0.3) is 32.3 Å². The Bertz CT molecular complexity index is 3120. The zero-order valence-corrected chi connectivity index (χ0v) is 30.1. The van der Waals surface area contributed by atoms with Gasteiger partial charge < -0.3 is 16.6 Å². The van der Waals surface area contributed by atoms with Crippen LogP contribution in [-0.2, 0) is 47.0 Å². The molecule has 0 aromatic heterocycles. The molecule has 0 saturated carbocycles. The highest BCUT2D eigenvalue weighted by molar-refractivity contribution is 7.87. The predicted octanol–water partition coefficient (Wildman–Crippen LogP) is 5.71. The summed E-state index contributed by atoms with van der Waals surface area (Å²) in [7, 11) is -20.7. The number of azo groups is 2. The van der Waals surface area contributed by atoms with Crippen LogP contribution in [-0.4, -0.2) is 57.0 Å². The van der Waals surface area contributed by atoms with Gasteiger partial charge in [0.15, 0.2) is 5.75 Å². The monoisotopic (exact) mass is 816 g/mol. The van der Waals surface area contributed by atoms with E-state index < -0.39 is 105 Å². The van der Waals surface area contributed by atoms with E-state index in [1.54, 1.807) is 12.1 Å². The number of benzene rings is 6. The van der Waals surface area contributed by atoms with E-state index in [-0.39, 0.29) is 17.3 Å². The van der Waals surface area contributed by atoms with Crippen LogP contribution in [0.3, 0.4) is 0 Å². The number of rotatable bonds is 9. The van der Waals surface area contributed by atoms with Crippen molar-refractivity contribution in [2.24, 2.45) is 26.2 Å². The fourth-order valence-corrected chi connectivity index (χ4v) is 8.80. The zero-order valence-electron chi connectivity index (χ0n) is 26.8. The number of aromatic hydroxyl groups is 1. The highest BCUT2D eigenvalue weighted by Crippen LogP contribution is 2.49. The van der Waals surface area contributed by atoms with Gasteiger partial charge in [0, 0.05) is 17.3 Å². The van der Waals surface area contributed by atoms with Gasteiger partial charge >= 0.3 is 0 Å². The van der Waals surface area contributed by atoms with Gasteiger partial charge in [0.25, 0.3) is 40.5 Å². The Morgan fingerprint density at radius 2 is 1.06 bits per heavy atom. The zero-order chi connectivity index (χ0) is 39.5. The summed E-state index contributed by atoms with van der Waals surface area (Å²) in [5.41, 5.74) is 8.64. The fraction of sp³-hybridized carbons (Fsp3) is 0.0323. The van der Waals surface area contributed by atoms with Crippen LogP contribution in [0.1, 0.15) is 5.56 Å². The van der Waals surface area contributed by atoms with E-state index >= 15 is 0 Å². The highest BCUT2D eigenvalue weighted by atomic mass is 32.2. The number of nitrogens with two attached hydrogens (primary N) is 2. The lowest BCUT2D eigenvalue weighted by Gasteiger charge is -2.14. The molecule has 0 heterocycles. The quantitative estimate of drug-likeness (QED) is 0.0522. The highest BCUT2D eigenvalue weighted by Gasteiger charge is 2.29. The molecule has 6 rings (SSSR count). The summed E-state index contributed by atoms with van der Waals surface area (Å²) in [4.78, 5) is -3.81. The van der Waals surface area contributed by atoms with Crippen LogP contribution in [0.15, 0.2) is 119 Å². The van der Waals surface area contributed by atoms with Gasteiger partial charge in [-0.1, -0.05) is 54.6 Å². The number of phenolic OH excluding ortho intramolecular Hbond substituents is 1. The molecule has 0 unspecified atom stereocenters. The third kappa shape index (κ3) is 6.97. The Labute approximate surface area is 305 Å². The molecule has 23 heteroatoms. The van der Waals surface area contributed by atoms with Gasteiger partial charge in [-0.15, -0.1) is 20.5 Å². The maximum Gasteiger partial charge on any atom is 0.297 e. The van der Waals surface area contributed by atoms with Crippen molar-refractivity contribution in [3.05, 3.63) is 84.4 Å². The van der Waals surface area contributed by atoms with Crippen molar-refractivity contribution in [3.8, 4) is 5.75 Å². The summed E-state index contributed by atoms with van der Waals surface area (Å²) in [6.07, 6.45) is 0. The Morgan fingerprint density at radius 3 is 1.63 bits per heavy atom. The SMILES string of the molecule is NCc1cccc2c(S(=O)(=O)O)c(N=Nc3c(S(=O)(=O)O)cc4cc(S(=O)(=O)O)c(N=Nc5ccc6ccccc6c5S(=O)(=O)O)c(O)c4c3N)ccc12. The topological polar surface area (TPSA) is 339 Å². The van der Waals surface area contributed by atoms with Crippen molar-refractivity contribution in [3.63, 3.8) is 0 Å². The summed E-state index contributed by atoms with van der Waals surface area (Å²) in [5.74, 6) is -1.19. The van der Waals surface area contributed by atoms with Crippen LogP contribution in [0, 0.1) is 0 Å². The van der Waals surface area contributed by atoms with Gasteiger partial charge in [0.1, 0.15) is 42.3 Å². The van der Waals surface area contributed by atoms with E-state index in [0.29, 0.717) is 28.5 Å². The van der Waals surface area contributed by atoms with E-state index in [9.17, 15) is 57.0 Å². The first-order chi connectivity index (χ1) is 25.1. The molecule has 0 fully saturated rings. The average molecular weight is 817 g/mol. The smallest absolute Gasteiger partial charge is 0.297 e. The fourth-order valence-electron chi connectivity index (χ4n) is 5.80. The van der Waals surface area contributed by atoms with Gasteiger partial charge in [-0.2, -0.15) is 33.7 Å². The minimum absolute atomic E-state index is 0.00503. The Hall–Kier alpha value is -5.50. The molecule has 0 aliphatic carbocycles. The Balaban J connectivity index is 1.63. The predicted molar refractivity (Wildman–Crippen MR) is 193 cm³/mol. The first-order valence-electron chi connectivity index (χ1n) is 14.7. The van der Waals surface area contributed by atoms with Crippen molar-refractivity contribution in [1.29, 1.82) is 0 Å². The molecular formula is C31H24N6O13S4. The Morgan fingerprint density at radius 1 is 0.537 bits per heavy atom. The van der Waals surface area contributed by atoms with Crippen molar-refractivity contribution in [2.45, 2.75) is 26.1 Å². The van der Waals surface area contributed by atoms with E-state index in [0.717, 1.165) is 12.1 Å². The van der Waals surface area contributed by atoms with Gasteiger partial charge in [0.2, 0.25) is 0 Å². The van der Waals surface area contributed by atoms with Crippen LogP contribution < -0.4 is 11.5 Å². The van der Waals surface area contributed by atoms with Crippen LogP contribution >= 0.6 is 0 Å². The van der Waals surface area contributed by atoms with Crippen molar-refractivity contribution in [2.75, 3.05) is 5.73 Å². The molecule has 0 aliphatic heterocycles. The van der Waals surface area contributed by atoms with Crippen LogP contribution in [0.2, 0.25) is 0 Å². The lowest BCUT2D eigenvalue weighted by molar-refractivity contribution is 0.472. The number of hydrogen-bond donors (Lipinski definition) is 7. The third-order valence-corrected chi connectivity index (χ3v) is 11.7. The first-order valence-corrected chi connectivity index (χ1v) is 20.5. The normalized spacial score (nSPS) is 13.2. The third-order valence-electron chi connectivity index (χ3n) is 8.06. The molecule has 54 heavy (non-hydrogen) atoms. The number of phenols is 1. The molecule has 0 atom stereocenters. The minimum atomic E-state index is -5.35. The van der Waals surface area contributed by atoms with E-state index in [1.807, 2.05) is 0 Å². The van der Waals surface area contributed by atoms with Gasteiger partial charge in [-0.05, 0) is 46.0 Å². The molecular weight excluding hydrogens is 793 g/mol. The summed E-state index contributed by atoms with van der Waals surface area (Å²) in [5, 5.41) is 25.8. The molecule has 0 radical (unpaired) electrons. The number of hydrogen-bond acceptors (Lipinski definition) is 15. The van der Waals surface area contributed by atoms with Crippen molar-refractivity contribution < 1.29 is 57.0 Å². The number of nitrogens with zero attached hydrogens (tertiary/aromatic N) is 4. The van der Waals surface area contributed by atoms with E-state index in [4.69, 9.17) is 11.5 Å². The molecule has 0 bridgehead atoms. The van der Waals surface area contributed by atoms with Gasteiger partial charge in [-0.25, -0.2) is 0 Å². The molecule has 0 amide bonds. The maximum absolute atomic E-state index is 12.5. The summed E-state index contributed by atoms with van der Waals surface area (Å²) in [6.45, 7) is -0.0111. The van der Waals surface area contributed by atoms with Gasteiger partial charge in [0.05, 0.1) is 11.1 Å². The molecule has 6 aromatic rings. The molecule has 6 aromatic carbocycles. The first kappa shape index (κ1) is 38.2. The maximum atomic E-state index is 12.5. The lowest BCUT2D eigenvalue weighted by atomic mass is 10.0. The largest absolute Gasteiger partial charge is 0.505 e. The molecule has 0 spiro atoms. The summed E-state index contributed by atoms with van der Waals surface area (Å²) in [6, 6.07) is 16.5. The number of anilines is 1. The van der Waals surface area contributed by atoms with Gasteiger partial charge in [-0.3, -0.25) is 18.2 Å². The molecule has 9 N–H and O–H groups in total. The van der Waals surface area contributed by atoms with E-state index in [2.05, 4.69) is 20.5 Å².